The highest BCUT2D eigenvalue weighted by molar-refractivity contribution is 7.57. The summed E-state index contributed by atoms with van der Waals surface area (Å²) >= 11 is 0. The van der Waals surface area contributed by atoms with Crippen molar-refractivity contribution in [1.82, 2.24) is 24.6 Å². The van der Waals surface area contributed by atoms with Crippen LogP contribution in [0.25, 0.3) is 11.2 Å². The zero-order chi connectivity index (χ0) is 25.7. The van der Waals surface area contributed by atoms with Crippen LogP contribution in [0.5, 0.6) is 5.75 Å². The van der Waals surface area contributed by atoms with Crippen LogP contribution in [0.3, 0.4) is 0 Å². The Kier molecular flexibility index (Phi) is 8.07. The largest absolute Gasteiger partial charge is 0.462 e. The van der Waals surface area contributed by atoms with Crippen molar-refractivity contribution in [3.8, 4) is 5.75 Å². The first kappa shape index (κ1) is 25.9. The fourth-order valence-corrected chi connectivity index (χ4v) is 5.12. The molecule has 0 saturated heterocycles. The van der Waals surface area contributed by atoms with Gasteiger partial charge in [-0.15, -0.1) is 0 Å². The number of aromatic nitrogens is 4. The number of nitrogens with two attached hydrogens (primary N) is 1. The number of para-hydroxylation sites is 1. The lowest BCUT2D eigenvalue weighted by Crippen LogP contribution is -2.36. The van der Waals surface area contributed by atoms with Crippen LogP contribution >= 0.6 is 7.52 Å². The van der Waals surface area contributed by atoms with Gasteiger partial charge in [0.05, 0.1) is 19.0 Å². The van der Waals surface area contributed by atoms with Crippen molar-refractivity contribution in [2.24, 2.45) is 0 Å². The maximum Gasteiger partial charge on any atom is 0.342 e. The molecular weight excluding hydrogens is 485 g/mol. The van der Waals surface area contributed by atoms with Gasteiger partial charge in [0, 0.05) is 12.6 Å². The average molecular weight is 518 g/mol. The van der Waals surface area contributed by atoms with Crippen molar-refractivity contribution in [1.29, 1.82) is 0 Å². The lowest BCUT2D eigenvalue weighted by atomic mass is 10.3. The van der Waals surface area contributed by atoms with Gasteiger partial charge in [-0.1, -0.05) is 18.2 Å². The van der Waals surface area contributed by atoms with E-state index in [1.807, 2.05) is 6.07 Å². The summed E-state index contributed by atoms with van der Waals surface area (Å²) in [6.07, 6.45) is 3.26. The summed E-state index contributed by atoms with van der Waals surface area (Å²) in [6.45, 7) is 5.64. The molecule has 1 aliphatic carbocycles. The number of rotatable bonds is 13. The number of nitrogens with zero attached hydrogens (tertiary/aromatic N) is 4. The third-order valence-corrected chi connectivity index (χ3v) is 7.04. The van der Waals surface area contributed by atoms with E-state index in [2.05, 4.69) is 25.4 Å². The molecule has 36 heavy (non-hydrogen) atoms. The Bertz CT molecular complexity index is 1230. The van der Waals surface area contributed by atoms with Crippen molar-refractivity contribution in [2.75, 3.05) is 24.0 Å². The second-order valence-corrected chi connectivity index (χ2v) is 11.0. The molecule has 194 valence electrons. The standard InChI is InChI=1S/C23H32N7O5P/c1-15(2)34-22(31)16(3)29-36(32,35-18-7-5-4-6-8-18)14-33-12-11-30-13-25-19-20(26-17-9-10-17)27-23(24)28-21(19)30/h4-8,13,15-17H,9-12,14H2,1-3H3,(H,29,32)(H3,24,26,27,28). The molecule has 0 amide bonds. The number of esters is 1. The maximum absolute atomic E-state index is 13.6. The highest BCUT2D eigenvalue weighted by Gasteiger charge is 2.31. The third-order valence-electron chi connectivity index (χ3n) is 5.23. The van der Waals surface area contributed by atoms with Crippen LogP contribution in [0.15, 0.2) is 36.7 Å². The van der Waals surface area contributed by atoms with Crippen LogP contribution in [-0.2, 0) is 25.4 Å². The molecule has 0 bridgehead atoms. The molecular formula is C23H32N7O5P. The number of hydrogen-bond donors (Lipinski definition) is 3. The first-order valence-corrected chi connectivity index (χ1v) is 13.7. The Morgan fingerprint density at radius 2 is 1.97 bits per heavy atom. The van der Waals surface area contributed by atoms with Gasteiger partial charge >= 0.3 is 13.5 Å². The van der Waals surface area contributed by atoms with E-state index in [4.69, 9.17) is 19.7 Å². The highest BCUT2D eigenvalue weighted by Crippen LogP contribution is 2.43. The third kappa shape index (κ3) is 6.93. The van der Waals surface area contributed by atoms with E-state index in [-0.39, 0.29) is 25.0 Å². The minimum absolute atomic E-state index is 0.153. The minimum Gasteiger partial charge on any atom is -0.462 e. The molecule has 13 heteroatoms. The van der Waals surface area contributed by atoms with E-state index < -0.39 is 19.5 Å². The average Bonchev–Trinajstić information content (AvgIpc) is 3.54. The summed E-state index contributed by atoms with van der Waals surface area (Å²) in [6, 6.07) is 8.24. The second kappa shape index (κ2) is 11.2. The Balaban J connectivity index is 1.40. The van der Waals surface area contributed by atoms with Gasteiger partial charge in [-0.2, -0.15) is 9.97 Å². The molecule has 12 nitrogen and oxygen atoms in total. The minimum atomic E-state index is -3.63. The van der Waals surface area contributed by atoms with E-state index in [1.165, 1.54) is 0 Å². The lowest BCUT2D eigenvalue weighted by molar-refractivity contribution is -0.149. The van der Waals surface area contributed by atoms with Gasteiger partial charge in [0.2, 0.25) is 5.95 Å². The number of ether oxygens (including phenoxy) is 2. The van der Waals surface area contributed by atoms with Gasteiger partial charge < -0.3 is 29.6 Å². The normalized spacial score (nSPS) is 16.0. The predicted octanol–water partition coefficient (Wildman–Crippen LogP) is 3.16. The van der Waals surface area contributed by atoms with Gasteiger partial charge in [-0.05, 0) is 45.7 Å². The van der Waals surface area contributed by atoms with E-state index in [1.54, 1.807) is 55.9 Å². The zero-order valence-corrected chi connectivity index (χ0v) is 21.5. The summed E-state index contributed by atoms with van der Waals surface area (Å²) in [5, 5.41) is 6.10. The van der Waals surface area contributed by atoms with Gasteiger partial charge in [-0.25, -0.2) is 10.1 Å². The summed E-state index contributed by atoms with van der Waals surface area (Å²) in [4.78, 5) is 25.3. The molecule has 0 spiro atoms. The first-order valence-electron chi connectivity index (χ1n) is 11.9. The van der Waals surface area contributed by atoms with Crippen molar-refractivity contribution < 1.29 is 23.4 Å². The van der Waals surface area contributed by atoms with Crippen LogP contribution < -0.4 is 20.7 Å². The molecule has 2 unspecified atom stereocenters. The number of nitrogens with one attached hydrogen (secondary N) is 2. The highest BCUT2D eigenvalue weighted by atomic mass is 31.2. The Labute approximate surface area is 209 Å². The van der Waals surface area contributed by atoms with E-state index >= 15 is 0 Å². The number of carbonyl (C=O) groups excluding carboxylic acids is 1. The predicted molar refractivity (Wildman–Crippen MR) is 136 cm³/mol. The lowest BCUT2D eigenvalue weighted by Gasteiger charge is -2.24. The number of nitrogen functional groups attached to an aromatic ring is 1. The Morgan fingerprint density at radius 1 is 1.22 bits per heavy atom. The fourth-order valence-electron chi connectivity index (χ4n) is 3.42. The Hall–Kier alpha value is -3.21. The smallest absolute Gasteiger partial charge is 0.342 e. The van der Waals surface area contributed by atoms with Gasteiger partial charge in [0.25, 0.3) is 0 Å². The summed E-state index contributed by atoms with van der Waals surface area (Å²) in [5.74, 6) is 0.636. The van der Waals surface area contributed by atoms with Crippen molar-refractivity contribution in [2.45, 2.75) is 58.3 Å². The summed E-state index contributed by atoms with van der Waals surface area (Å²) in [7, 11) is -3.63. The summed E-state index contributed by atoms with van der Waals surface area (Å²) in [5.41, 5.74) is 7.12. The number of carbonyl (C=O) groups is 1. The molecule has 4 N–H and O–H groups in total. The van der Waals surface area contributed by atoms with Crippen LogP contribution in [-0.4, -0.2) is 56.6 Å². The molecule has 3 aromatic rings. The van der Waals surface area contributed by atoms with Crippen LogP contribution in [0.1, 0.15) is 33.6 Å². The molecule has 0 aliphatic heterocycles. The Morgan fingerprint density at radius 3 is 2.67 bits per heavy atom. The SMILES string of the molecule is CC(C)OC(=O)C(C)NP(=O)(COCCn1cnc2c(NC3CC3)nc(N)nc21)Oc1ccccc1. The molecule has 2 aromatic heterocycles. The second-order valence-electron chi connectivity index (χ2n) is 8.91. The quantitative estimate of drug-likeness (QED) is 0.174. The van der Waals surface area contributed by atoms with E-state index in [9.17, 15) is 9.36 Å². The fraction of sp³-hybridized carbons (Fsp3) is 0.478. The first-order chi connectivity index (χ1) is 17.2. The molecule has 1 saturated carbocycles. The molecule has 4 rings (SSSR count). The monoisotopic (exact) mass is 517 g/mol. The molecule has 1 aliphatic rings. The number of hydrogen-bond acceptors (Lipinski definition) is 10. The van der Waals surface area contributed by atoms with Crippen molar-refractivity contribution in [3.05, 3.63) is 36.7 Å². The van der Waals surface area contributed by atoms with Crippen LogP contribution in [0.4, 0.5) is 11.8 Å². The maximum atomic E-state index is 13.6. The molecule has 0 radical (unpaired) electrons. The number of anilines is 2. The topological polar surface area (TPSA) is 156 Å². The van der Waals surface area contributed by atoms with E-state index in [0.717, 1.165) is 12.8 Å². The molecule has 1 aromatic carbocycles. The van der Waals surface area contributed by atoms with Crippen molar-refractivity contribution in [3.63, 3.8) is 0 Å². The van der Waals surface area contributed by atoms with Crippen LogP contribution in [0, 0.1) is 0 Å². The van der Waals surface area contributed by atoms with Gasteiger partial charge in [0.15, 0.2) is 17.0 Å². The number of fused-ring (bicyclic) bond motifs is 1. The van der Waals surface area contributed by atoms with Gasteiger partial charge in [0.1, 0.15) is 18.1 Å². The summed E-state index contributed by atoms with van der Waals surface area (Å²) < 4.78 is 32.1. The van der Waals surface area contributed by atoms with E-state index in [0.29, 0.717) is 35.3 Å². The molecule has 2 heterocycles. The molecule has 2 atom stereocenters. The van der Waals surface area contributed by atoms with Gasteiger partial charge in [-0.3, -0.25) is 9.36 Å². The van der Waals surface area contributed by atoms with Crippen molar-refractivity contribution >= 4 is 36.4 Å². The van der Waals surface area contributed by atoms with Crippen LogP contribution in [0.2, 0.25) is 0 Å². The number of imidazole rings is 1. The zero-order valence-electron chi connectivity index (χ0n) is 20.6. The molecule has 1 fully saturated rings. The number of benzene rings is 1.